The zero-order chi connectivity index (χ0) is 17.9. The first-order chi connectivity index (χ1) is 11.8. The van der Waals surface area contributed by atoms with E-state index in [-0.39, 0.29) is 17.3 Å². The molecule has 0 aromatic carbocycles. The lowest BCUT2D eigenvalue weighted by Crippen LogP contribution is -2.61. The molecule has 1 amide bonds. The fourth-order valence-corrected chi connectivity index (χ4v) is 7.64. The molecule has 5 rings (SSSR count). The summed E-state index contributed by atoms with van der Waals surface area (Å²) in [6, 6.07) is 0. The van der Waals surface area contributed by atoms with Crippen molar-refractivity contribution in [3.05, 3.63) is 0 Å². The Morgan fingerprint density at radius 3 is 2.36 bits per heavy atom. The van der Waals surface area contributed by atoms with Gasteiger partial charge in [-0.3, -0.25) is 9.59 Å². The fourth-order valence-electron chi connectivity index (χ4n) is 7.64. The van der Waals surface area contributed by atoms with E-state index in [2.05, 4.69) is 13.8 Å². The first kappa shape index (κ1) is 17.4. The van der Waals surface area contributed by atoms with Gasteiger partial charge in [0.1, 0.15) is 0 Å². The van der Waals surface area contributed by atoms with Gasteiger partial charge in [0.25, 0.3) is 0 Å². The Morgan fingerprint density at radius 2 is 1.76 bits per heavy atom. The van der Waals surface area contributed by atoms with E-state index in [1.165, 1.54) is 19.3 Å². The van der Waals surface area contributed by atoms with Crippen molar-refractivity contribution in [2.24, 2.45) is 28.1 Å². The maximum absolute atomic E-state index is 13.6. The molecule has 4 heteroatoms. The normalized spacial score (nSPS) is 45.5. The molecule has 5 fully saturated rings. The standard InChI is InChI=1S/C21H33NO3/c1-4-25-17(23)16-6-5-7-22(11-16)18(24)21-10-15-8-19(2,13-21)12-20(3,9-15)14-21/h15-16H,4-14H2,1-3H3. The van der Waals surface area contributed by atoms with Crippen molar-refractivity contribution in [3.63, 3.8) is 0 Å². The van der Waals surface area contributed by atoms with E-state index in [0.29, 0.717) is 29.9 Å². The van der Waals surface area contributed by atoms with Crippen LogP contribution in [0, 0.1) is 28.1 Å². The zero-order valence-electron chi connectivity index (χ0n) is 16.1. The zero-order valence-corrected chi connectivity index (χ0v) is 16.1. The van der Waals surface area contributed by atoms with Crippen LogP contribution in [0.1, 0.15) is 72.1 Å². The number of ether oxygens (including phenoxy) is 1. The van der Waals surface area contributed by atoms with Gasteiger partial charge >= 0.3 is 5.97 Å². The van der Waals surface area contributed by atoms with E-state index >= 15 is 0 Å². The molecule has 140 valence electrons. The second kappa shape index (κ2) is 5.72. The molecule has 5 aliphatic rings. The predicted octanol–water partition coefficient (Wildman–Crippen LogP) is 3.78. The Labute approximate surface area is 151 Å². The number of carbonyl (C=O) groups excluding carboxylic acids is 2. The van der Waals surface area contributed by atoms with Gasteiger partial charge in [-0.2, -0.15) is 0 Å². The highest BCUT2D eigenvalue weighted by Crippen LogP contribution is 2.69. The van der Waals surface area contributed by atoms with E-state index in [1.807, 2.05) is 11.8 Å². The average molecular weight is 347 g/mol. The highest BCUT2D eigenvalue weighted by Gasteiger charge is 2.63. The third kappa shape index (κ3) is 2.90. The predicted molar refractivity (Wildman–Crippen MR) is 95.8 cm³/mol. The number of hydrogen-bond donors (Lipinski definition) is 0. The third-order valence-electron chi connectivity index (χ3n) is 7.41. The van der Waals surface area contributed by atoms with Crippen LogP contribution in [-0.2, 0) is 14.3 Å². The monoisotopic (exact) mass is 347 g/mol. The van der Waals surface area contributed by atoms with Crippen molar-refractivity contribution < 1.29 is 14.3 Å². The van der Waals surface area contributed by atoms with Gasteiger partial charge in [-0.05, 0) is 75.0 Å². The summed E-state index contributed by atoms with van der Waals surface area (Å²) in [4.78, 5) is 27.8. The quantitative estimate of drug-likeness (QED) is 0.730. The van der Waals surface area contributed by atoms with Crippen LogP contribution in [0.3, 0.4) is 0 Å². The molecule has 0 radical (unpaired) electrons. The molecule has 4 bridgehead atoms. The smallest absolute Gasteiger partial charge is 0.310 e. The van der Waals surface area contributed by atoms with Crippen LogP contribution in [0.4, 0.5) is 0 Å². The molecule has 4 nitrogen and oxygen atoms in total. The molecule has 0 N–H and O–H groups in total. The number of esters is 1. The SMILES string of the molecule is CCOC(=O)C1CCCN(C(=O)C23CC4CC(C)(CC(C)(C4)C2)C3)C1. The number of likely N-dealkylation sites (tertiary alicyclic amines) is 1. The van der Waals surface area contributed by atoms with Gasteiger partial charge in [0.05, 0.1) is 17.9 Å². The number of nitrogens with zero attached hydrogens (tertiary/aromatic N) is 1. The second-order valence-electron chi connectivity index (χ2n) is 10.3. The lowest BCUT2D eigenvalue weighted by molar-refractivity contribution is -0.181. The molecule has 0 aromatic rings. The van der Waals surface area contributed by atoms with Crippen LogP contribution in [0.2, 0.25) is 0 Å². The lowest BCUT2D eigenvalue weighted by atomic mass is 9.40. The number of amides is 1. The van der Waals surface area contributed by atoms with Gasteiger partial charge in [-0.15, -0.1) is 0 Å². The van der Waals surface area contributed by atoms with Crippen molar-refractivity contribution in [3.8, 4) is 0 Å². The molecule has 0 aromatic heterocycles. The minimum atomic E-state index is -0.153. The highest BCUT2D eigenvalue weighted by molar-refractivity contribution is 5.84. The Bertz CT molecular complexity index is 568. The first-order valence-corrected chi connectivity index (χ1v) is 10.2. The van der Waals surface area contributed by atoms with Crippen molar-refractivity contribution in [2.45, 2.75) is 72.1 Å². The van der Waals surface area contributed by atoms with Crippen LogP contribution in [0.25, 0.3) is 0 Å². The van der Waals surface area contributed by atoms with E-state index < -0.39 is 0 Å². The van der Waals surface area contributed by atoms with Gasteiger partial charge in [-0.25, -0.2) is 0 Å². The molecule has 4 saturated carbocycles. The maximum atomic E-state index is 13.6. The Kier molecular flexibility index (Phi) is 3.97. The van der Waals surface area contributed by atoms with Crippen molar-refractivity contribution in [1.82, 2.24) is 4.90 Å². The number of carbonyl (C=O) groups is 2. The summed E-state index contributed by atoms with van der Waals surface area (Å²) in [6.07, 6.45) is 8.88. The summed E-state index contributed by atoms with van der Waals surface area (Å²) in [5.41, 5.74) is 0.541. The highest BCUT2D eigenvalue weighted by atomic mass is 16.5. The van der Waals surface area contributed by atoms with Crippen LogP contribution in [0.5, 0.6) is 0 Å². The van der Waals surface area contributed by atoms with Crippen molar-refractivity contribution >= 4 is 11.9 Å². The molecule has 0 spiro atoms. The molecule has 1 saturated heterocycles. The molecule has 25 heavy (non-hydrogen) atoms. The number of hydrogen-bond acceptors (Lipinski definition) is 3. The van der Waals surface area contributed by atoms with Crippen LogP contribution in [-0.4, -0.2) is 36.5 Å². The van der Waals surface area contributed by atoms with E-state index in [1.54, 1.807) is 0 Å². The van der Waals surface area contributed by atoms with Gasteiger partial charge in [0.15, 0.2) is 0 Å². The molecule has 1 aliphatic heterocycles. The Hall–Kier alpha value is -1.06. The van der Waals surface area contributed by atoms with Gasteiger partial charge in [0.2, 0.25) is 5.91 Å². The van der Waals surface area contributed by atoms with Crippen molar-refractivity contribution in [1.29, 1.82) is 0 Å². The number of piperidine rings is 1. The molecular weight excluding hydrogens is 314 g/mol. The molecule has 1 heterocycles. The summed E-state index contributed by atoms with van der Waals surface area (Å²) < 4.78 is 5.21. The second-order valence-corrected chi connectivity index (χ2v) is 10.3. The average Bonchev–Trinajstić information content (AvgIpc) is 2.51. The summed E-state index contributed by atoms with van der Waals surface area (Å²) in [6.45, 7) is 8.48. The minimum absolute atomic E-state index is 0.121. The van der Waals surface area contributed by atoms with Gasteiger partial charge < -0.3 is 9.64 Å². The largest absolute Gasteiger partial charge is 0.466 e. The Morgan fingerprint density at radius 1 is 1.08 bits per heavy atom. The molecular formula is C21H33NO3. The van der Waals surface area contributed by atoms with E-state index in [9.17, 15) is 9.59 Å². The van der Waals surface area contributed by atoms with Crippen molar-refractivity contribution in [2.75, 3.05) is 19.7 Å². The van der Waals surface area contributed by atoms with Crippen LogP contribution in [0.15, 0.2) is 0 Å². The number of rotatable bonds is 3. The lowest BCUT2D eigenvalue weighted by Gasteiger charge is -2.65. The van der Waals surface area contributed by atoms with E-state index in [4.69, 9.17) is 4.74 Å². The van der Waals surface area contributed by atoms with E-state index in [0.717, 1.165) is 44.6 Å². The summed E-state index contributed by atoms with van der Waals surface area (Å²) in [5, 5.41) is 0. The van der Waals surface area contributed by atoms with Crippen LogP contribution < -0.4 is 0 Å². The van der Waals surface area contributed by atoms with Gasteiger partial charge in [0, 0.05) is 13.1 Å². The minimum Gasteiger partial charge on any atom is -0.466 e. The molecule has 4 aliphatic carbocycles. The van der Waals surface area contributed by atoms with Gasteiger partial charge in [-0.1, -0.05) is 13.8 Å². The third-order valence-corrected chi connectivity index (χ3v) is 7.41. The first-order valence-electron chi connectivity index (χ1n) is 10.2. The maximum Gasteiger partial charge on any atom is 0.310 e. The summed E-state index contributed by atoms with van der Waals surface area (Å²) >= 11 is 0. The Balaban J connectivity index is 1.53. The molecule has 3 atom stereocenters. The topological polar surface area (TPSA) is 46.6 Å². The summed E-state index contributed by atoms with van der Waals surface area (Å²) in [5.74, 6) is 0.825. The summed E-state index contributed by atoms with van der Waals surface area (Å²) in [7, 11) is 0. The van der Waals surface area contributed by atoms with Crippen LogP contribution >= 0.6 is 0 Å². The fraction of sp³-hybridized carbons (Fsp3) is 0.905. The molecule has 3 unspecified atom stereocenters.